The van der Waals surface area contributed by atoms with Gasteiger partial charge in [0.2, 0.25) is 16.5 Å². The van der Waals surface area contributed by atoms with Crippen LogP contribution >= 0.6 is 12.2 Å². The van der Waals surface area contributed by atoms with Gasteiger partial charge in [0.05, 0.1) is 20.3 Å². The molecule has 4 rings (SSSR count). The maximum atomic E-state index is 5.44. The topological polar surface area (TPSA) is 72.5 Å². The van der Waals surface area contributed by atoms with Crippen molar-refractivity contribution in [3.8, 4) is 17.1 Å². The molecule has 1 aliphatic heterocycles. The summed E-state index contributed by atoms with van der Waals surface area (Å²) in [7, 11) is 1.65. The molecule has 0 N–H and O–H groups in total. The summed E-state index contributed by atoms with van der Waals surface area (Å²) in [5, 5.41) is 4.10. The van der Waals surface area contributed by atoms with Crippen LogP contribution in [0.2, 0.25) is 0 Å². The van der Waals surface area contributed by atoms with E-state index in [1.54, 1.807) is 13.3 Å². The predicted molar refractivity (Wildman–Crippen MR) is 106 cm³/mol. The second kappa shape index (κ2) is 8.59. The monoisotopic (exact) mass is 398 g/mol. The van der Waals surface area contributed by atoms with Crippen LogP contribution in [0, 0.1) is 4.77 Å². The molecular weight excluding hydrogens is 376 g/mol. The maximum Gasteiger partial charge on any atom is 0.241 e. The van der Waals surface area contributed by atoms with Gasteiger partial charge in [-0.15, -0.1) is 0 Å². The Kier molecular flexibility index (Phi) is 5.75. The summed E-state index contributed by atoms with van der Waals surface area (Å²) >= 11 is 5.27. The van der Waals surface area contributed by atoms with Gasteiger partial charge in [-0.05, 0) is 42.5 Å². The van der Waals surface area contributed by atoms with Crippen molar-refractivity contribution in [3.63, 3.8) is 0 Å². The van der Waals surface area contributed by atoms with Crippen molar-refractivity contribution in [2.45, 2.75) is 13.2 Å². The highest BCUT2D eigenvalue weighted by Crippen LogP contribution is 2.20. The van der Waals surface area contributed by atoms with E-state index in [9.17, 15) is 0 Å². The molecule has 0 amide bonds. The summed E-state index contributed by atoms with van der Waals surface area (Å²) in [6, 6.07) is 9.53. The van der Waals surface area contributed by atoms with Crippen molar-refractivity contribution in [1.29, 1.82) is 0 Å². The van der Waals surface area contributed by atoms with E-state index in [0.29, 0.717) is 23.0 Å². The van der Waals surface area contributed by atoms with Gasteiger partial charge in [-0.3, -0.25) is 9.80 Å². The molecule has 0 spiro atoms. The highest BCUT2D eigenvalue weighted by Gasteiger charge is 2.19. The maximum absolute atomic E-state index is 5.44. The van der Waals surface area contributed by atoms with Gasteiger partial charge in [0, 0.05) is 44.1 Å². The molecular formula is C19H22N6O2S. The van der Waals surface area contributed by atoms with Crippen molar-refractivity contribution >= 4 is 12.2 Å². The summed E-state index contributed by atoms with van der Waals surface area (Å²) in [5.74, 6) is 2.04. The largest absolute Gasteiger partial charge is 0.497 e. The third kappa shape index (κ3) is 4.44. The standard InChI is InChI=1S/C19H22N6O2S/c1-26-16-5-3-15(4-6-16)18-21-17(27-22-18)13-23-9-11-24(12-10-23)14-25-8-2-7-20-19(25)28/h2-8H,9-14H2,1H3. The third-order valence-corrected chi connectivity index (χ3v) is 5.12. The molecule has 0 aliphatic carbocycles. The van der Waals surface area contributed by atoms with Crippen LogP contribution in [0.1, 0.15) is 5.89 Å². The Labute approximate surface area is 168 Å². The van der Waals surface area contributed by atoms with Crippen molar-refractivity contribution in [2.24, 2.45) is 0 Å². The van der Waals surface area contributed by atoms with Gasteiger partial charge < -0.3 is 13.8 Å². The summed E-state index contributed by atoms with van der Waals surface area (Å²) in [6.45, 7) is 5.21. The van der Waals surface area contributed by atoms with Crippen molar-refractivity contribution < 1.29 is 9.26 Å². The van der Waals surface area contributed by atoms with E-state index in [2.05, 4.69) is 24.9 Å². The van der Waals surface area contributed by atoms with E-state index >= 15 is 0 Å². The number of ether oxygens (including phenoxy) is 1. The molecule has 0 radical (unpaired) electrons. The lowest BCUT2D eigenvalue weighted by Gasteiger charge is -2.34. The van der Waals surface area contributed by atoms with Crippen molar-refractivity contribution in [3.05, 3.63) is 53.4 Å². The van der Waals surface area contributed by atoms with Gasteiger partial charge in [-0.1, -0.05) is 5.16 Å². The molecule has 1 aliphatic rings. The minimum absolute atomic E-state index is 0.599. The van der Waals surface area contributed by atoms with Crippen LogP contribution in [-0.4, -0.2) is 62.8 Å². The summed E-state index contributed by atoms with van der Waals surface area (Å²) in [5.41, 5.74) is 0.911. The molecule has 0 unspecified atom stereocenters. The number of hydrogen-bond acceptors (Lipinski definition) is 8. The van der Waals surface area contributed by atoms with Gasteiger partial charge in [0.15, 0.2) is 0 Å². The normalized spacial score (nSPS) is 15.6. The number of nitrogens with zero attached hydrogens (tertiary/aromatic N) is 6. The first-order valence-corrected chi connectivity index (χ1v) is 9.55. The molecule has 3 heterocycles. The van der Waals surface area contributed by atoms with E-state index in [4.69, 9.17) is 21.5 Å². The molecule has 1 aromatic carbocycles. The number of piperazine rings is 1. The molecule has 1 fully saturated rings. The first-order valence-electron chi connectivity index (χ1n) is 9.14. The molecule has 0 atom stereocenters. The molecule has 0 saturated carbocycles. The zero-order chi connectivity index (χ0) is 19.3. The lowest BCUT2D eigenvalue weighted by Crippen LogP contribution is -2.46. The van der Waals surface area contributed by atoms with Gasteiger partial charge >= 0.3 is 0 Å². The quantitative estimate of drug-likeness (QED) is 0.587. The van der Waals surface area contributed by atoms with Crippen LogP contribution < -0.4 is 4.74 Å². The first kappa shape index (κ1) is 18.7. The van der Waals surface area contributed by atoms with Crippen molar-refractivity contribution in [1.82, 2.24) is 29.5 Å². The van der Waals surface area contributed by atoms with Gasteiger partial charge in [-0.2, -0.15) is 4.98 Å². The lowest BCUT2D eigenvalue weighted by molar-refractivity contribution is 0.0943. The van der Waals surface area contributed by atoms with Crippen LogP contribution in [0.4, 0.5) is 0 Å². The van der Waals surface area contributed by atoms with Gasteiger partial charge in [-0.25, -0.2) is 4.98 Å². The average Bonchev–Trinajstić information content (AvgIpc) is 3.20. The van der Waals surface area contributed by atoms with Crippen LogP contribution in [0.15, 0.2) is 47.2 Å². The Morgan fingerprint density at radius 3 is 2.57 bits per heavy atom. The molecule has 0 bridgehead atoms. The minimum Gasteiger partial charge on any atom is -0.497 e. The molecule has 3 aromatic rings. The average molecular weight is 398 g/mol. The summed E-state index contributed by atoms with van der Waals surface area (Å²) in [4.78, 5) is 13.4. The van der Waals surface area contributed by atoms with Crippen LogP contribution in [-0.2, 0) is 13.2 Å². The Bertz CT molecular complexity index is 963. The smallest absolute Gasteiger partial charge is 0.241 e. The zero-order valence-electron chi connectivity index (χ0n) is 15.7. The van der Waals surface area contributed by atoms with Crippen LogP contribution in [0.3, 0.4) is 0 Å². The minimum atomic E-state index is 0.599. The second-order valence-corrected chi connectivity index (χ2v) is 7.01. The number of rotatable bonds is 6. The summed E-state index contributed by atoms with van der Waals surface area (Å²) < 4.78 is 13.2. The second-order valence-electron chi connectivity index (χ2n) is 6.65. The fourth-order valence-electron chi connectivity index (χ4n) is 3.17. The molecule has 8 nitrogen and oxygen atoms in total. The van der Waals surface area contributed by atoms with E-state index in [0.717, 1.165) is 44.2 Å². The van der Waals surface area contributed by atoms with Crippen LogP contribution in [0.25, 0.3) is 11.4 Å². The molecule has 2 aromatic heterocycles. The first-order chi connectivity index (χ1) is 13.7. The lowest BCUT2D eigenvalue weighted by atomic mass is 10.2. The predicted octanol–water partition coefficient (Wildman–Crippen LogP) is 2.45. The Hall–Kier alpha value is -2.62. The van der Waals surface area contributed by atoms with Crippen LogP contribution in [0.5, 0.6) is 5.75 Å². The SMILES string of the molecule is COc1ccc(-c2noc(CN3CCN(Cn4cccnc4=S)CC3)n2)cc1. The number of methoxy groups -OCH3 is 1. The molecule has 9 heteroatoms. The fourth-order valence-corrected chi connectivity index (χ4v) is 3.35. The number of benzene rings is 1. The van der Waals surface area contributed by atoms with Crippen molar-refractivity contribution in [2.75, 3.05) is 33.3 Å². The molecule has 1 saturated heterocycles. The van der Waals surface area contributed by atoms with Gasteiger partial charge in [0.1, 0.15) is 5.75 Å². The zero-order valence-corrected chi connectivity index (χ0v) is 16.5. The third-order valence-electron chi connectivity index (χ3n) is 4.78. The number of hydrogen-bond donors (Lipinski definition) is 0. The molecule has 28 heavy (non-hydrogen) atoms. The highest BCUT2D eigenvalue weighted by molar-refractivity contribution is 7.71. The van der Waals surface area contributed by atoms with E-state index in [1.165, 1.54) is 0 Å². The Balaban J connectivity index is 1.31. The summed E-state index contributed by atoms with van der Waals surface area (Å²) in [6.07, 6.45) is 3.70. The Morgan fingerprint density at radius 1 is 1.11 bits per heavy atom. The Morgan fingerprint density at radius 2 is 1.86 bits per heavy atom. The number of aromatic nitrogens is 4. The van der Waals surface area contributed by atoms with E-state index < -0.39 is 0 Å². The highest BCUT2D eigenvalue weighted by atomic mass is 32.1. The van der Waals surface area contributed by atoms with E-state index in [1.807, 2.05) is 41.1 Å². The van der Waals surface area contributed by atoms with Gasteiger partial charge in [0.25, 0.3) is 0 Å². The molecule has 146 valence electrons. The fraction of sp³-hybridized carbons (Fsp3) is 0.368. The van der Waals surface area contributed by atoms with E-state index in [-0.39, 0.29) is 0 Å².